The molecule has 0 saturated carbocycles. The van der Waals surface area contributed by atoms with Gasteiger partial charge in [-0.25, -0.2) is 13.8 Å². The normalized spacial score (nSPS) is 11.3. The number of carbonyl (C=O) groups is 1. The van der Waals surface area contributed by atoms with Crippen LogP contribution in [0.1, 0.15) is 35.7 Å². The van der Waals surface area contributed by atoms with Gasteiger partial charge in [-0.1, -0.05) is 37.6 Å². The zero-order valence-corrected chi connectivity index (χ0v) is 16.9. The molecule has 0 bridgehead atoms. The average molecular weight is 427 g/mol. The third-order valence-electron chi connectivity index (χ3n) is 4.73. The lowest BCUT2D eigenvalue weighted by atomic mass is 10.0. The number of oxazole rings is 1. The maximum atomic E-state index is 13.6. The first-order valence-electron chi connectivity index (χ1n) is 9.28. The number of nitrogens with one attached hydrogen (secondary N) is 1. The van der Waals surface area contributed by atoms with Gasteiger partial charge in [0.2, 0.25) is 5.89 Å². The number of carbonyl (C=O) groups excluding carboxylic acids is 1. The van der Waals surface area contributed by atoms with Crippen molar-refractivity contribution >= 4 is 34.3 Å². The van der Waals surface area contributed by atoms with Crippen molar-refractivity contribution in [2.24, 2.45) is 0 Å². The molecule has 1 aromatic heterocycles. The van der Waals surface area contributed by atoms with Crippen LogP contribution in [-0.2, 0) is 0 Å². The third-order valence-corrected chi connectivity index (χ3v) is 5.04. The van der Waals surface area contributed by atoms with E-state index < -0.39 is 11.6 Å². The van der Waals surface area contributed by atoms with Crippen LogP contribution in [-0.4, -0.2) is 10.9 Å². The fraction of sp³-hybridized carbons (Fsp3) is 0.130. The molecule has 0 fully saturated rings. The molecule has 30 heavy (non-hydrogen) atoms. The predicted octanol–water partition coefficient (Wildman–Crippen LogP) is 6.80. The lowest BCUT2D eigenvalue weighted by Crippen LogP contribution is -2.11. The van der Waals surface area contributed by atoms with Gasteiger partial charge in [-0.3, -0.25) is 4.79 Å². The fourth-order valence-electron chi connectivity index (χ4n) is 3.03. The number of aromatic nitrogens is 1. The van der Waals surface area contributed by atoms with E-state index in [1.165, 1.54) is 0 Å². The second kappa shape index (κ2) is 7.88. The molecular formula is C23H17ClF2N2O2. The first-order valence-corrected chi connectivity index (χ1v) is 9.66. The van der Waals surface area contributed by atoms with Crippen LogP contribution in [0.5, 0.6) is 0 Å². The van der Waals surface area contributed by atoms with Gasteiger partial charge in [0.05, 0.1) is 10.6 Å². The summed E-state index contributed by atoms with van der Waals surface area (Å²) >= 11 is 6.00. The number of halogens is 3. The van der Waals surface area contributed by atoms with E-state index >= 15 is 0 Å². The Kier molecular flexibility index (Phi) is 5.26. The van der Waals surface area contributed by atoms with Gasteiger partial charge in [0, 0.05) is 11.3 Å². The Morgan fingerprint density at radius 3 is 2.43 bits per heavy atom. The summed E-state index contributed by atoms with van der Waals surface area (Å²) in [6.07, 6.45) is 0. The monoisotopic (exact) mass is 426 g/mol. The van der Waals surface area contributed by atoms with Gasteiger partial charge >= 0.3 is 0 Å². The molecule has 0 radical (unpaired) electrons. The molecule has 0 atom stereocenters. The number of fused-ring (bicyclic) bond motifs is 1. The van der Waals surface area contributed by atoms with E-state index in [9.17, 15) is 13.6 Å². The van der Waals surface area contributed by atoms with Gasteiger partial charge < -0.3 is 9.73 Å². The Hall–Kier alpha value is -3.25. The van der Waals surface area contributed by atoms with Crippen LogP contribution in [0.2, 0.25) is 5.02 Å². The van der Waals surface area contributed by atoms with Crippen molar-refractivity contribution in [3.8, 4) is 11.5 Å². The highest BCUT2D eigenvalue weighted by Gasteiger charge is 2.16. The van der Waals surface area contributed by atoms with Crippen LogP contribution in [0.15, 0.2) is 59.0 Å². The van der Waals surface area contributed by atoms with E-state index in [0.717, 1.165) is 17.7 Å². The Bertz CT molecular complexity index is 1250. The number of anilines is 1. The molecule has 4 rings (SSSR count). The van der Waals surface area contributed by atoms with Crippen LogP contribution in [0.25, 0.3) is 22.6 Å². The number of rotatable bonds is 4. The van der Waals surface area contributed by atoms with E-state index in [2.05, 4.69) is 24.1 Å². The van der Waals surface area contributed by atoms with E-state index in [4.69, 9.17) is 16.0 Å². The summed E-state index contributed by atoms with van der Waals surface area (Å²) in [4.78, 5) is 16.8. The van der Waals surface area contributed by atoms with E-state index in [0.29, 0.717) is 28.3 Å². The number of amides is 1. The zero-order valence-electron chi connectivity index (χ0n) is 16.2. The molecule has 4 nitrogen and oxygen atoms in total. The summed E-state index contributed by atoms with van der Waals surface area (Å²) in [7, 11) is 0. The predicted molar refractivity (Wildman–Crippen MR) is 113 cm³/mol. The van der Waals surface area contributed by atoms with Crippen LogP contribution in [0, 0.1) is 11.6 Å². The highest BCUT2D eigenvalue weighted by molar-refractivity contribution is 6.33. The second-order valence-corrected chi connectivity index (χ2v) is 7.59. The van der Waals surface area contributed by atoms with Crippen molar-refractivity contribution in [2.45, 2.75) is 19.8 Å². The molecule has 0 aliphatic rings. The smallest absolute Gasteiger partial charge is 0.255 e. The minimum absolute atomic E-state index is 0.0150. The average Bonchev–Trinajstić information content (AvgIpc) is 3.13. The maximum absolute atomic E-state index is 13.6. The van der Waals surface area contributed by atoms with Crippen LogP contribution in [0.3, 0.4) is 0 Å². The highest BCUT2D eigenvalue weighted by Crippen LogP contribution is 2.32. The number of nitrogens with zero attached hydrogens (tertiary/aromatic N) is 1. The molecule has 0 unspecified atom stereocenters. The molecule has 3 aromatic carbocycles. The molecule has 152 valence electrons. The summed E-state index contributed by atoms with van der Waals surface area (Å²) in [5.41, 5.74) is 3.22. The molecule has 0 aliphatic carbocycles. The second-order valence-electron chi connectivity index (χ2n) is 7.18. The fourth-order valence-corrected chi connectivity index (χ4v) is 3.26. The van der Waals surface area contributed by atoms with E-state index in [1.807, 2.05) is 12.1 Å². The summed E-state index contributed by atoms with van der Waals surface area (Å²) in [5.74, 6) is -1.91. The molecule has 1 heterocycles. The van der Waals surface area contributed by atoms with Crippen molar-refractivity contribution in [1.29, 1.82) is 0 Å². The quantitative estimate of drug-likeness (QED) is 0.365. The molecule has 0 aliphatic heterocycles. The molecule has 7 heteroatoms. The first-order chi connectivity index (χ1) is 14.3. The molecule has 0 saturated heterocycles. The van der Waals surface area contributed by atoms with Crippen molar-refractivity contribution in [2.75, 3.05) is 5.32 Å². The van der Waals surface area contributed by atoms with E-state index in [1.54, 1.807) is 30.3 Å². The molecule has 1 amide bonds. The standard InChI is InChI=1S/C23H17ClF2N2O2/c1-12(2)13-3-5-14(6-4-13)22(29)27-15-7-8-21-20(9-15)28-23(30-21)16-10-18(25)19(26)11-17(16)24/h3-12H,1-2H3,(H,27,29). The lowest BCUT2D eigenvalue weighted by molar-refractivity contribution is 0.102. The highest BCUT2D eigenvalue weighted by atomic mass is 35.5. The topological polar surface area (TPSA) is 55.1 Å². The van der Waals surface area contributed by atoms with Crippen molar-refractivity contribution in [3.63, 3.8) is 0 Å². The van der Waals surface area contributed by atoms with Gasteiger partial charge in [-0.05, 0) is 53.9 Å². The number of hydrogen-bond donors (Lipinski definition) is 1. The van der Waals surface area contributed by atoms with Crippen LogP contribution >= 0.6 is 11.6 Å². The minimum atomic E-state index is -1.05. The maximum Gasteiger partial charge on any atom is 0.255 e. The van der Waals surface area contributed by atoms with Gasteiger partial charge in [-0.15, -0.1) is 0 Å². The molecule has 0 spiro atoms. The Balaban J connectivity index is 1.59. The molecule has 4 aromatic rings. The molecule has 1 N–H and O–H groups in total. The number of hydrogen-bond acceptors (Lipinski definition) is 3. The third kappa shape index (κ3) is 3.91. The Labute approximate surface area is 176 Å². The van der Waals surface area contributed by atoms with E-state index in [-0.39, 0.29) is 22.4 Å². The largest absolute Gasteiger partial charge is 0.436 e. The Morgan fingerprint density at radius 1 is 1.03 bits per heavy atom. The van der Waals surface area contributed by atoms with Gasteiger partial charge in [0.15, 0.2) is 17.2 Å². The first kappa shape index (κ1) is 20.0. The zero-order chi connectivity index (χ0) is 21.4. The summed E-state index contributed by atoms with van der Waals surface area (Å²) in [6.45, 7) is 4.17. The van der Waals surface area contributed by atoms with Crippen molar-refractivity contribution < 1.29 is 18.0 Å². The van der Waals surface area contributed by atoms with Gasteiger partial charge in [-0.2, -0.15) is 0 Å². The number of benzene rings is 3. The van der Waals surface area contributed by atoms with Crippen molar-refractivity contribution in [3.05, 3.63) is 82.4 Å². The summed E-state index contributed by atoms with van der Waals surface area (Å²) in [6, 6.07) is 14.2. The minimum Gasteiger partial charge on any atom is -0.436 e. The van der Waals surface area contributed by atoms with Crippen molar-refractivity contribution in [1.82, 2.24) is 4.98 Å². The van der Waals surface area contributed by atoms with Gasteiger partial charge in [0.1, 0.15) is 5.52 Å². The molecular weight excluding hydrogens is 410 g/mol. The summed E-state index contributed by atoms with van der Waals surface area (Å²) in [5, 5.41) is 2.80. The Morgan fingerprint density at radius 2 is 1.73 bits per heavy atom. The lowest BCUT2D eigenvalue weighted by Gasteiger charge is -2.08. The SMILES string of the molecule is CC(C)c1ccc(C(=O)Nc2ccc3oc(-c4cc(F)c(F)cc4Cl)nc3c2)cc1. The summed E-state index contributed by atoms with van der Waals surface area (Å²) < 4.78 is 32.5. The van der Waals surface area contributed by atoms with Gasteiger partial charge in [0.25, 0.3) is 5.91 Å². The van der Waals surface area contributed by atoms with Crippen LogP contribution < -0.4 is 5.32 Å². The van der Waals surface area contributed by atoms with Crippen LogP contribution in [0.4, 0.5) is 14.5 Å².